The van der Waals surface area contributed by atoms with Gasteiger partial charge in [-0.3, -0.25) is 9.69 Å². The maximum atomic E-state index is 11.5. The molecule has 0 aromatic heterocycles. The highest BCUT2D eigenvalue weighted by molar-refractivity contribution is 5.75. The number of carboxylic acid groups (broad SMARTS) is 1. The number of hydrogen-bond donors (Lipinski definition) is 2. The molecule has 1 fully saturated rings. The van der Waals surface area contributed by atoms with Crippen molar-refractivity contribution in [1.29, 1.82) is 0 Å². The van der Waals surface area contributed by atoms with Gasteiger partial charge in [0.15, 0.2) is 0 Å². The molecule has 1 heterocycles. The smallest absolute Gasteiger partial charge is 0.310 e. The van der Waals surface area contributed by atoms with Crippen molar-refractivity contribution in [1.82, 2.24) is 4.90 Å². The molecule has 0 bridgehead atoms. The van der Waals surface area contributed by atoms with E-state index >= 15 is 0 Å². The number of aliphatic carboxylic acids is 1. The van der Waals surface area contributed by atoms with Gasteiger partial charge in [-0.05, 0) is 31.9 Å². The summed E-state index contributed by atoms with van der Waals surface area (Å²) in [5, 5.41) is 19.5. The van der Waals surface area contributed by atoms with E-state index in [1.54, 1.807) is 6.07 Å². The van der Waals surface area contributed by atoms with Crippen LogP contribution in [0.1, 0.15) is 44.7 Å². The third-order valence-electron chi connectivity index (χ3n) is 4.64. The van der Waals surface area contributed by atoms with Gasteiger partial charge in [0, 0.05) is 18.2 Å². The number of aromatic hydroxyl groups is 1. The minimum absolute atomic E-state index is 0.0870. The predicted molar refractivity (Wildman–Crippen MR) is 77.7 cm³/mol. The lowest BCUT2D eigenvalue weighted by Crippen LogP contribution is -2.35. The van der Waals surface area contributed by atoms with Crippen molar-refractivity contribution in [2.75, 3.05) is 13.1 Å². The normalized spacial score (nSPS) is 24.7. The Balaban J connectivity index is 2.23. The van der Waals surface area contributed by atoms with E-state index in [1.165, 1.54) is 0 Å². The summed E-state index contributed by atoms with van der Waals surface area (Å²) >= 11 is 0. The molecule has 2 N–H and O–H groups in total. The van der Waals surface area contributed by atoms with Gasteiger partial charge in [0.1, 0.15) is 5.75 Å². The molecule has 0 radical (unpaired) electrons. The molecule has 0 amide bonds. The standard InChI is InChI=1S/C16H23NO3/c1-3-13(12-7-5-6-8-14(12)18)17-10-9-16(4-2,11-17)15(19)20/h5-8,13,18H,3-4,9-11H2,1-2H3,(H,19,20). The van der Waals surface area contributed by atoms with Crippen molar-refractivity contribution in [2.45, 2.75) is 39.2 Å². The Labute approximate surface area is 120 Å². The molecular formula is C16H23NO3. The Morgan fingerprint density at radius 3 is 2.60 bits per heavy atom. The molecule has 1 aromatic rings. The van der Waals surface area contributed by atoms with Crippen LogP contribution in [0.5, 0.6) is 5.75 Å². The molecule has 4 nitrogen and oxygen atoms in total. The first kappa shape index (κ1) is 14.9. The average Bonchev–Trinajstić information content (AvgIpc) is 2.87. The monoisotopic (exact) mass is 277 g/mol. The van der Waals surface area contributed by atoms with E-state index in [0.29, 0.717) is 25.1 Å². The lowest BCUT2D eigenvalue weighted by Gasteiger charge is -2.29. The number of para-hydroxylation sites is 1. The number of hydrogen-bond acceptors (Lipinski definition) is 3. The number of phenols is 1. The van der Waals surface area contributed by atoms with Gasteiger partial charge in [0.2, 0.25) is 0 Å². The van der Waals surface area contributed by atoms with Gasteiger partial charge in [-0.2, -0.15) is 0 Å². The fraction of sp³-hybridized carbons (Fsp3) is 0.562. The van der Waals surface area contributed by atoms with Crippen molar-refractivity contribution in [2.24, 2.45) is 5.41 Å². The highest BCUT2D eigenvalue weighted by Gasteiger charge is 2.45. The number of carbonyl (C=O) groups is 1. The summed E-state index contributed by atoms with van der Waals surface area (Å²) in [7, 11) is 0. The van der Waals surface area contributed by atoms with E-state index in [9.17, 15) is 15.0 Å². The van der Waals surface area contributed by atoms with Crippen LogP contribution in [0.15, 0.2) is 24.3 Å². The van der Waals surface area contributed by atoms with Gasteiger partial charge < -0.3 is 10.2 Å². The molecule has 1 aromatic carbocycles. The Bertz CT molecular complexity index is 488. The largest absolute Gasteiger partial charge is 0.508 e. The van der Waals surface area contributed by atoms with Crippen molar-refractivity contribution in [3.8, 4) is 5.75 Å². The molecule has 1 aliphatic rings. The van der Waals surface area contributed by atoms with Crippen LogP contribution in [0.3, 0.4) is 0 Å². The van der Waals surface area contributed by atoms with Gasteiger partial charge in [-0.15, -0.1) is 0 Å². The Morgan fingerprint density at radius 2 is 2.10 bits per heavy atom. The average molecular weight is 277 g/mol. The van der Waals surface area contributed by atoms with Crippen LogP contribution in [0, 0.1) is 5.41 Å². The highest BCUT2D eigenvalue weighted by atomic mass is 16.4. The van der Waals surface area contributed by atoms with Crippen molar-refractivity contribution < 1.29 is 15.0 Å². The van der Waals surface area contributed by atoms with Crippen LogP contribution in [0.4, 0.5) is 0 Å². The molecule has 2 atom stereocenters. The molecule has 20 heavy (non-hydrogen) atoms. The molecule has 1 aliphatic heterocycles. The quantitative estimate of drug-likeness (QED) is 0.868. The van der Waals surface area contributed by atoms with Crippen molar-refractivity contribution in [3.63, 3.8) is 0 Å². The van der Waals surface area contributed by atoms with Crippen molar-refractivity contribution >= 4 is 5.97 Å². The summed E-state index contributed by atoms with van der Waals surface area (Å²) in [5.74, 6) is -0.404. The second-order valence-corrected chi connectivity index (χ2v) is 5.64. The van der Waals surface area contributed by atoms with E-state index in [-0.39, 0.29) is 6.04 Å². The third-order valence-corrected chi connectivity index (χ3v) is 4.64. The van der Waals surface area contributed by atoms with E-state index in [2.05, 4.69) is 11.8 Å². The Kier molecular flexibility index (Phi) is 4.33. The van der Waals surface area contributed by atoms with E-state index in [1.807, 2.05) is 25.1 Å². The molecule has 2 rings (SSSR count). The number of likely N-dealkylation sites (tertiary alicyclic amines) is 1. The van der Waals surface area contributed by atoms with Crippen LogP contribution in [-0.4, -0.2) is 34.2 Å². The summed E-state index contributed by atoms with van der Waals surface area (Å²) in [6.45, 7) is 5.35. The summed E-state index contributed by atoms with van der Waals surface area (Å²) in [4.78, 5) is 13.7. The molecule has 0 spiro atoms. The Morgan fingerprint density at radius 1 is 1.40 bits per heavy atom. The summed E-state index contributed by atoms with van der Waals surface area (Å²) in [6.07, 6.45) is 2.19. The molecule has 1 saturated heterocycles. The second-order valence-electron chi connectivity index (χ2n) is 5.64. The van der Waals surface area contributed by atoms with Gasteiger partial charge >= 0.3 is 5.97 Å². The number of nitrogens with zero attached hydrogens (tertiary/aromatic N) is 1. The van der Waals surface area contributed by atoms with Crippen LogP contribution in [-0.2, 0) is 4.79 Å². The zero-order chi connectivity index (χ0) is 14.8. The fourth-order valence-corrected chi connectivity index (χ4v) is 3.23. The van der Waals surface area contributed by atoms with Gasteiger partial charge in [-0.25, -0.2) is 0 Å². The minimum atomic E-state index is -0.699. The molecular weight excluding hydrogens is 254 g/mol. The molecule has 0 aliphatic carbocycles. The topological polar surface area (TPSA) is 60.8 Å². The first-order valence-electron chi connectivity index (χ1n) is 7.29. The van der Waals surface area contributed by atoms with E-state index < -0.39 is 11.4 Å². The zero-order valence-electron chi connectivity index (χ0n) is 12.2. The van der Waals surface area contributed by atoms with Crippen LogP contribution < -0.4 is 0 Å². The number of benzene rings is 1. The fourth-order valence-electron chi connectivity index (χ4n) is 3.23. The lowest BCUT2D eigenvalue weighted by atomic mass is 9.84. The van der Waals surface area contributed by atoms with E-state index in [4.69, 9.17) is 0 Å². The third kappa shape index (κ3) is 2.52. The Hall–Kier alpha value is -1.55. The molecule has 4 heteroatoms. The molecule has 110 valence electrons. The first-order chi connectivity index (χ1) is 9.54. The maximum Gasteiger partial charge on any atom is 0.310 e. The second kappa shape index (κ2) is 5.83. The summed E-state index contributed by atoms with van der Waals surface area (Å²) in [5.41, 5.74) is 0.268. The molecule has 2 unspecified atom stereocenters. The number of carboxylic acids is 1. The number of phenolic OH excluding ortho intramolecular Hbond substituents is 1. The number of rotatable bonds is 5. The van der Waals surface area contributed by atoms with Gasteiger partial charge in [0.05, 0.1) is 5.41 Å². The predicted octanol–water partition coefficient (Wildman–Crippen LogP) is 3.03. The van der Waals surface area contributed by atoms with Gasteiger partial charge in [0.25, 0.3) is 0 Å². The highest BCUT2D eigenvalue weighted by Crippen LogP contribution is 2.40. The van der Waals surface area contributed by atoms with Crippen LogP contribution in [0.25, 0.3) is 0 Å². The minimum Gasteiger partial charge on any atom is -0.508 e. The summed E-state index contributed by atoms with van der Waals surface area (Å²) in [6, 6.07) is 7.43. The molecule has 0 saturated carbocycles. The first-order valence-corrected chi connectivity index (χ1v) is 7.29. The lowest BCUT2D eigenvalue weighted by molar-refractivity contribution is -0.148. The van der Waals surface area contributed by atoms with E-state index in [0.717, 1.165) is 18.5 Å². The maximum absolute atomic E-state index is 11.5. The van der Waals surface area contributed by atoms with Crippen molar-refractivity contribution in [3.05, 3.63) is 29.8 Å². The summed E-state index contributed by atoms with van der Waals surface area (Å²) < 4.78 is 0. The zero-order valence-corrected chi connectivity index (χ0v) is 12.2. The van der Waals surface area contributed by atoms with Gasteiger partial charge in [-0.1, -0.05) is 32.0 Å². The SMILES string of the molecule is CCC(c1ccccc1O)N1CCC(CC)(C(=O)O)C1. The van der Waals surface area contributed by atoms with Crippen LogP contribution >= 0.6 is 0 Å². The van der Waals surface area contributed by atoms with Crippen LogP contribution in [0.2, 0.25) is 0 Å².